The van der Waals surface area contributed by atoms with Crippen molar-refractivity contribution in [2.75, 3.05) is 0 Å². The van der Waals surface area contributed by atoms with Crippen LogP contribution in [0.15, 0.2) is 83.4 Å². The van der Waals surface area contributed by atoms with Gasteiger partial charge in [0.1, 0.15) is 11.2 Å². The van der Waals surface area contributed by atoms with E-state index in [-0.39, 0.29) is 0 Å². The topological polar surface area (TPSA) is 29.9 Å². The maximum Gasteiger partial charge on any atom is 0.239 e. The van der Waals surface area contributed by atoms with Crippen LogP contribution in [0.3, 0.4) is 0 Å². The molecule has 2 aromatic heterocycles. The van der Waals surface area contributed by atoms with Crippen LogP contribution >= 0.6 is 0 Å². The molecular weight excluding hydrogens is 332 g/mol. The molecule has 0 radical (unpaired) electrons. The Kier molecular flexibility index (Phi) is 3.54. The molecule has 0 aliphatic carbocycles. The first-order valence-electron chi connectivity index (χ1n) is 9.05. The smallest absolute Gasteiger partial charge is 0.239 e. The Balaban J connectivity index is 1.72. The average molecular weight is 351 g/mol. The first kappa shape index (κ1) is 15.8. The van der Waals surface area contributed by atoms with Gasteiger partial charge in [-0.15, -0.1) is 0 Å². The van der Waals surface area contributed by atoms with E-state index in [2.05, 4.69) is 60.6 Å². The number of fused-ring (bicyclic) bond motifs is 3. The molecule has 0 spiro atoms. The molecule has 5 rings (SSSR count). The number of aromatic nitrogens is 2. The zero-order valence-corrected chi connectivity index (χ0v) is 15.3. The van der Waals surface area contributed by atoms with Crippen molar-refractivity contribution in [1.29, 1.82) is 0 Å². The van der Waals surface area contributed by atoms with E-state index < -0.39 is 0 Å². The van der Waals surface area contributed by atoms with Crippen LogP contribution in [-0.4, -0.2) is 5.10 Å². The van der Waals surface area contributed by atoms with Gasteiger partial charge in [-0.1, -0.05) is 47.1 Å². The summed E-state index contributed by atoms with van der Waals surface area (Å²) in [5.74, 6) is 0. The first-order valence-corrected chi connectivity index (χ1v) is 9.05. The van der Waals surface area contributed by atoms with Gasteiger partial charge in [0.2, 0.25) is 5.69 Å². The lowest BCUT2D eigenvalue weighted by Crippen LogP contribution is -2.35. The lowest BCUT2D eigenvalue weighted by Gasteiger charge is -2.08. The molecule has 3 aromatic carbocycles. The highest BCUT2D eigenvalue weighted by atomic mass is 16.3. The van der Waals surface area contributed by atoms with Crippen molar-refractivity contribution in [2.24, 2.45) is 7.05 Å². The first-order chi connectivity index (χ1) is 13.2. The van der Waals surface area contributed by atoms with Gasteiger partial charge in [-0.25, -0.2) is 0 Å². The third kappa shape index (κ3) is 2.51. The quantitative estimate of drug-likeness (QED) is 0.396. The van der Waals surface area contributed by atoms with Crippen LogP contribution in [0.1, 0.15) is 5.56 Å². The molecular formula is C24H19N2O+. The molecule has 3 heteroatoms. The van der Waals surface area contributed by atoms with Gasteiger partial charge in [-0.3, -0.25) is 0 Å². The van der Waals surface area contributed by atoms with Gasteiger partial charge in [0.25, 0.3) is 0 Å². The van der Waals surface area contributed by atoms with E-state index in [1.165, 1.54) is 27.6 Å². The van der Waals surface area contributed by atoms with E-state index in [9.17, 15) is 0 Å². The molecule has 0 N–H and O–H groups in total. The van der Waals surface area contributed by atoms with Gasteiger partial charge in [0.15, 0.2) is 7.05 Å². The summed E-state index contributed by atoms with van der Waals surface area (Å²) < 4.78 is 7.95. The second-order valence-electron chi connectivity index (χ2n) is 6.84. The number of aryl methyl sites for hydroxylation is 2. The number of hydrogen-bond acceptors (Lipinski definition) is 2. The maximum atomic E-state index is 6.04. The Morgan fingerprint density at radius 3 is 2.52 bits per heavy atom. The normalized spacial score (nSPS) is 11.3. The monoisotopic (exact) mass is 351 g/mol. The summed E-state index contributed by atoms with van der Waals surface area (Å²) in [4.78, 5) is 0. The summed E-state index contributed by atoms with van der Waals surface area (Å²) in [6.07, 6.45) is 1.80. The fourth-order valence-corrected chi connectivity index (χ4v) is 3.84. The van der Waals surface area contributed by atoms with Crippen molar-refractivity contribution >= 4 is 21.9 Å². The maximum absolute atomic E-state index is 6.04. The van der Waals surface area contributed by atoms with Gasteiger partial charge in [-0.2, -0.15) is 0 Å². The van der Waals surface area contributed by atoms with Crippen molar-refractivity contribution in [3.63, 3.8) is 0 Å². The molecule has 0 aliphatic rings. The molecule has 0 atom stereocenters. The minimum absolute atomic E-state index is 0.925. The minimum Gasteiger partial charge on any atom is -0.456 e. The third-order valence-corrected chi connectivity index (χ3v) is 5.14. The van der Waals surface area contributed by atoms with E-state index in [1.807, 2.05) is 36.0 Å². The zero-order chi connectivity index (χ0) is 18.4. The van der Waals surface area contributed by atoms with E-state index in [4.69, 9.17) is 4.42 Å². The van der Waals surface area contributed by atoms with Crippen LogP contribution in [0.25, 0.3) is 44.3 Å². The van der Waals surface area contributed by atoms with Gasteiger partial charge in [0, 0.05) is 16.8 Å². The molecule has 0 fully saturated rings. The van der Waals surface area contributed by atoms with Crippen LogP contribution < -0.4 is 4.68 Å². The molecule has 130 valence electrons. The van der Waals surface area contributed by atoms with Crippen LogP contribution in [0, 0.1) is 6.92 Å². The summed E-state index contributed by atoms with van der Waals surface area (Å²) >= 11 is 0. The summed E-state index contributed by atoms with van der Waals surface area (Å²) in [6.45, 7) is 2.15. The molecule has 0 unspecified atom stereocenters. The minimum atomic E-state index is 0.925. The Labute approximate surface area is 157 Å². The van der Waals surface area contributed by atoms with E-state index in [0.717, 1.165) is 22.2 Å². The fourth-order valence-electron chi connectivity index (χ4n) is 3.84. The summed E-state index contributed by atoms with van der Waals surface area (Å²) in [6, 6.07) is 25.2. The predicted molar refractivity (Wildman–Crippen MR) is 108 cm³/mol. The van der Waals surface area contributed by atoms with E-state index in [0.29, 0.717) is 0 Å². The van der Waals surface area contributed by atoms with Gasteiger partial charge < -0.3 is 4.42 Å². The molecule has 2 heterocycles. The molecule has 3 nitrogen and oxygen atoms in total. The average Bonchev–Trinajstić information content (AvgIpc) is 3.07. The Hall–Kier alpha value is -3.46. The number of benzene rings is 3. The Morgan fingerprint density at radius 1 is 0.815 bits per heavy atom. The molecule has 0 saturated heterocycles. The number of para-hydroxylation sites is 1. The zero-order valence-electron chi connectivity index (χ0n) is 15.3. The number of hydrogen-bond donors (Lipinski definition) is 0. The molecule has 5 aromatic rings. The van der Waals surface area contributed by atoms with Crippen LogP contribution in [0.2, 0.25) is 0 Å². The highest BCUT2D eigenvalue weighted by Gasteiger charge is 2.16. The second-order valence-corrected chi connectivity index (χ2v) is 6.84. The fraction of sp³-hybridized carbons (Fsp3) is 0.0833. The van der Waals surface area contributed by atoms with Gasteiger partial charge in [-0.05, 0) is 53.0 Å². The standard InChI is InChI=1S/C24H19N2O/c1-16-15-17(12-13-18(16)21-9-6-14-25-26(21)2)19-8-5-11-23-24(19)20-7-3-4-10-22(20)27-23/h3-15H,1-2H3/q+1. The molecule has 0 aliphatic heterocycles. The molecule has 0 saturated carbocycles. The Bertz CT molecular complexity index is 1300. The van der Waals surface area contributed by atoms with Crippen molar-refractivity contribution in [2.45, 2.75) is 6.92 Å². The molecule has 0 bridgehead atoms. The van der Waals surface area contributed by atoms with Crippen molar-refractivity contribution < 1.29 is 9.10 Å². The largest absolute Gasteiger partial charge is 0.456 e. The summed E-state index contributed by atoms with van der Waals surface area (Å²) in [5, 5.41) is 6.68. The van der Waals surface area contributed by atoms with Crippen molar-refractivity contribution in [1.82, 2.24) is 5.10 Å². The van der Waals surface area contributed by atoms with Crippen LogP contribution in [-0.2, 0) is 7.05 Å². The van der Waals surface area contributed by atoms with Crippen LogP contribution in [0.4, 0.5) is 0 Å². The Morgan fingerprint density at radius 2 is 1.67 bits per heavy atom. The molecule has 27 heavy (non-hydrogen) atoms. The number of nitrogens with zero attached hydrogens (tertiary/aromatic N) is 2. The van der Waals surface area contributed by atoms with Crippen LogP contribution in [0.5, 0.6) is 0 Å². The summed E-state index contributed by atoms with van der Waals surface area (Å²) in [7, 11) is 1.97. The second kappa shape index (κ2) is 6.06. The number of furan rings is 1. The third-order valence-electron chi connectivity index (χ3n) is 5.14. The van der Waals surface area contributed by atoms with E-state index >= 15 is 0 Å². The highest BCUT2D eigenvalue weighted by Crippen LogP contribution is 2.37. The lowest BCUT2D eigenvalue weighted by atomic mass is 9.95. The van der Waals surface area contributed by atoms with E-state index in [1.54, 1.807) is 6.20 Å². The predicted octanol–water partition coefficient (Wildman–Crippen LogP) is 5.45. The van der Waals surface area contributed by atoms with Crippen molar-refractivity contribution in [3.05, 3.63) is 84.6 Å². The SMILES string of the molecule is Cc1cc(-c2cccc3oc4ccccc4c23)ccc1-c1cccn[n+]1C. The van der Waals surface area contributed by atoms with Gasteiger partial charge in [0.05, 0.1) is 11.8 Å². The number of rotatable bonds is 2. The van der Waals surface area contributed by atoms with Gasteiger partial charge >= 0.3 is 0 Å². The lowest BCUT2D eigenvalue weighted by molar-refractivity contribution is -0.720. The highest BCUT2D eigenvalue weighted by molar-refractivity contribution is 6.12. The molecule has 0 amide bonds. The summed E-state index contributed by atoms with van der Waals surface area (Å²) in [5.41, 5.74) is 7.76. The van der Waals surface area contributed by atoms with Crippen molar-refractivity contribution in [3.8, 4) is 22.4 Å².